The topological polar surface area (TPSA) is 172 Å². The lowest BCUT2D eigenvalue weighted by molar-refractivity contribution is -0.144. The zero-order valence-electron chi connectivity index (χ0n) is 18.9. The van der Waals surface area contributed by atoms with E-state index in [0.29, 0.717) is 52.0 Å². The molecule has 0 aliphatic carbocycles. The first-order valence-electron chi connectivity index (χ1n) is 10.9. The van der Waals surface area contributed by atoms with Gasteiger partial charge in [-0.2, -0.15) is 0 Å². The molecule has 0 spiro atoms. The lowest BCUT2D eigenvalue weighted by Gasteiger charge is -2.15. The maximum absolute atomic E-state index is 11.8. The lowest BCUT2D eigenvalue weighted by Crippen LogP contribution is -2.46. The van der Waals surface area contributed by atoms with E-state index in [4.69, 9.17) is 9.47 Å². The van der Waals surface area contributed by atoms with Gasteiger partial charge >= 0.3 is 30.0 Å². The van der Waals surface area contributed by atoms with Gasteiger partial charge in [-0.05, 0) is 46.0 Å². The van der Waals surface area contributed by atoms with E-state index in [-0.39, 0.29) is 43.8 Å². The van der Waals surface area contributed by atoms with Crippen molar-refractivity contribution in [2.45, 2.75) is 64.8 Å². The Bertz CT molecular complexity index is 600. The molecular formula is C20H36N4O8. The fourth-order valence-electron chi connectivity index (χ4n) is 2.54. The number of esters is 2. The summed E-state index contributed by atoms with van der Waals surface area (Å²) in [5.41, 5.74) is 0. The summed E-state index contributed by atoms with van der Waals surface area (Å²) in [4.78, 5) is 57.2. The van der Waals surface area contributed by atoms with Crippen molar-refractivity contribution in [2.75, 3.05) is 32.8 Å². The largest absolute Gasteiger partial charge is 0.480 e. The predicted molar refractivity (Wildman–Crippen MR) is 115 cm³/mol. The fourth-order valence-corrected chi connectivity index (χ4v) is 2.54. The van der Waals surface area contributed by atoms with E-state index in [1.807, 2.05) is 0 Å². The molecule has 0 aromatic heterocycles. The molecule has 12 nitrogen and oxygen atoms in total. The second-order valence-corrected chi connectivity index (χ2v) is 6.79. The van der Waals surface area contributed by atoms with Crippen LogP contribution >= 0.6 is 0 Å². The molecule has 0 aliphatic rings. The normalized spacial score (nSPS) is 11.1. The Morgan fingerprint density at radius 2 is 1.19 bits per heavy atom. The average Bonchev–Trinajstić information content (AvgIpc) is 2.73. The molecule has 4 amide bonds. The third-order valence-electron chi connectivity index (χ3n) is 4.11. The molecule has 1 atom stereocenters. The number of unbranched alkanes of at least 4 members (excludes halogenated alkanes) is 1. The molecule has 0 fully saturated rings. The molecule has 32 heavy (non-hydrogen) atoms. The number of nitrogens with one attached hydrogen (secondary N) is 4. The van der Waals surface area contributed by atoms with Gasteiger partial charge in [0.15, 0.2) is 0 Å². The predicted octanol–water partition coefficient (Wildman–Crippen LogP) is 0.895. The third-order valence-corrected chi connectivity index (χ3v) is 4.11. The Morgan fingerprint density at radius 3 is 1.66 bits per heavy atom. The van der Waals surface area contributed by atoms with Crippen LogP contribution in [0, 0.1) is 0 Å². The molecule has 5 N–H and O–H groups in total. The second-order valence-electron chi connectivity index (χ2n) is 6.79. The molecule has 0 saturated heterocycles. The quantitative estimate of drug-likeness (QED) is 0.157. The van der Waals surface area contributed by atoms with E-state index in [1.165, 1.54) is 0 Å². The summed E-state index contributed by atoms with van der Waals surface area (Å²) in [5.74, 6) is -1.81. The van der Waals surface area contributed by atoms with Gasteiger partial charge in [0.2, 0.25) is 0 Å². The first-order valence-corrected chi connectivity index (χ1v) is 10.9. The summed E-state index contributed by atoms with van der Waals surface area (Å²) in [5, 5.41) is 19.4. The molecule has 0 saturated carbocycles. The highest BCUT2D eigenvalue weighted by atomic mass is 16.5. The Balaban J connectivity index is 3.88. The zero-order valence-corrected chi connectivity index (χ0v) is 18.9. The highest BCUT2D eigenvalue weighted by molar-refractivity contribution is 5.82. The van der Waals surface area contributed by atoms with Crippen LogP contribution in [-0.4, -0.2) is 74.0 Å². The van der Waals surface area contributed by atoms with Crippen molar-refractivity contribution in [3.63, 3.8) is 0 Å². The van der Waals surface area contributed by atoms with Gasteiger partial charge in [-0.1, -0.05) is 0 Å². The molecule has 0 rings (SSSR count). The van der Waals surface area contributed by atoms with Crippen LogP contribution in [0.5, 0.6) is 0 Å². The van der Waals surface area contributed by atoms with Crippen molar-refractivity contribution >= 4 is 30.0 Å². The molecule has 0 radical (unpaired) electrons. The first kappa shape index (κ1) is 28.9. The molecule has 0 aromatic carbocycles. The van der Waals surface area contributed by atoms with Crippen LogP contribution in [0.15, 0.2) is 0 Å². The van der Waals surface area contributed by atoms with Gasteiger partial charge in [0.25, 0.3) is 0 Å². The van der Waals surface area contributed by atoms with Gasteiger partial charge in [-0.15, -0.1) is 0 Å². The standard InChI is InChI=1S/C20H36N4O8/c1-3-31-16(25)10-7-13-22-19(29)21-12-6-5-9-15(18(27)28)24-20(30)23-14-8-11-17(26)32-4-2/h15H,3-14H2,1-2H3,(H,27,28)(H2,21,22,29)(H2,23,24,30). The minimum atomic E-state index is -1.15. The SMILES string of the molecule is CCOC(=O)CCCNC(=O)NCCCCC(NC(=O)NCCCC(=O)OCC)C(=O)O. The van der Waals surface area contributed by atoms with Crippen LogP contribution < -0.4 is 21.3 Å². The maximum atomic E-state index is 11.8. The molecule has 0 aliphatic heterocycles. The Morgan fingerprint density at radius 1 is 0.719 bits per heavy atom. The third kappa shape index (κ3) is 16.7. The van der Waals surface area contributed by atoms with Crippen LogP contribution in [0.3, 0.4) is 0 Å². The van der Waals surface area contributed by atoms with Gasteiger partial charge in [-0.3, -0.25) is 9.59 Å². The smallest absolute Gasteiger partial charge is 0.326 e. The van der Waals surface area contributed by atoms with Gasteiger partial charge in [-0.25, -0.2) is 14.4 Å². The van der Waals surface area contributed by atoms with Crippen molar-refractivity contribution in [3.05, 3.63) is 0 Å². The number of urea groups is 2. The lowest BCUT2D eigenvalue weighted by atomic mass is 10.1. The Kier molecular flexibility index (Phi) is 16.9. The summed E-state index contributed by atoms with van der Waals surface area (Å²) >= 11 is 0. The van der Waals surface area contributed by atoms with E-state index >= 15 is 0 Å². The molecule has 12 heteroatoms. The summed E-state index contributed by atoms with van der Waals surface area (Å²) < 4.78 is 9.56. The van der Waals surface area contributed by atoms with Crippen LogP contribution in [-0.2, 0) is 23.9 Å². The summed E-state index contributed by atoms with van der Waals surface area (Å²) in [6, 6.07) is -2.05. The molecule has 0 heterocycles. The second kappa shape index (κ2) is 18.7. The first-order chi connectivity index (χ1) is 15.3. The molecular weight excluding hydrogens is 424 g/mol. The van der Waals surface area contributed by atoms with Crippen LogP contribution in [0.4, 0.5) is 9.59 Å². The number of hydrogen-bond donors (Lipinski definition) is 5. The van der Waals surface area contributed by atoms with Gasteiger partial charge in [0.05, 0.1) is 13.2 Å². The van der Waals surface area contributed by atoms with Crippen molar-refractivity contribution in [1.82, 2.24) is 21.3 Å². The van der Waals surface area contributed by atoms with E-state index < -0.39 is 18.0 Å². The van der Waals surface area contributed by atoms with Crippen molar-refractivity contribution in [2.24, 2.45) is 0 Å². The number of carbonyl (C=O) groups is 5. The number of carbonyl (C=O) groups excluding carboxylic acids is 4. The Labute approximate surface area is 188 Å². The number of carboxylic acid groups (broad SMARTS) is 1. The number of carboxylic acids is 1. The highest BCUT2D eigenvalue weighted by Gasteiger charge is 2.19. The van der Waals surface area contributed by atoms with Crippen molar-refractivity contribution < 1.29 is 38.6 Å². The number of ether oxygens (including phenoxy) is 2. The summed E-state index contributed by atoms with van der Waals surface area (Å²) in [6.07, 6.45) is 2.48. The van der Waals surface area contributed by atoms with E-state index in [1.54, 1.807) is 13.8 Å². The van der Waals surface area contributed by atoms with Gasteiger partial charge in [0, 0.05) is 32.5 Å². The zero-order chi connectivity index (χ0) is 24.2. The summed E-state index contributed by atoms with van der Waals surface area (Å²) in [7, 11) is 0. The van der Waals surface area contributed by atoms with Crippen LogP contribution in [0.1, 0.15) is 58.8 Å². The van der Waals surface area contributed by atoms with E-state index in [2.05, 4.69) is 21.3 Å². The van der Waals surface area contributed by atoms with E-state index in [0.717, 1.165) is 0 Å². The fraction of sp³-hybridized carbons (Fsp3) is 0.750. The number of rotatable bonds is 17. The molecule has 184 valence electrons. The van der Waals surface area contributed by atoms with Crippen LogP contribution in [0.2, 0.25) is 0 Å². The van der Waals surface area contributed by atoms with E-state index in [9.17, 15) is 29.1 Å². The minimum Gasteiger partial charge on any atom is -0.480 e. The molecule has 0 aromatic rings. The number of amides is 4. The van der Waals surface area contributed by atoms with Gasteiger partial charge in [0.1, 0.15) is 6.04 Å². The monoisotopic (exact) mass is 460 g/mol. The maximum Gasteiger partial charge on any atom is 0.326 e. The molecule has 0 bridgehead atoms. The van der Waals surface area contributed by atoms with Crippen molar-refractivity contribution in [1.29, 1.82) is 0 Å². The number of hydrogen-bond acceptors (Lipinski definition) is 7. The number of aliphatic carboxylic acids is 1. The minimum absolute atomic E-state index is 0.169. The van der Waals surface area contributed by atoms with Gasteiger partial charge < -0.3 is 35.8 Å². The van der Waals surface area contributed by atoms with Crippen molar-refractivity contribution in [3.8, 4) is 0 Å². The summed E-state index contributed by atoms with van der Waals surface area (Å²) in [6.45, 7) is 4.95. The molecule has 1 unspecified atom stereocenters. The highest BCUT2D eigenvalue weighted by Crippen LogP contribution is 2.01. The average molecular weight is 461 g/mol. The Hall–Kier alpha value is -3.05. The van der Waals surface area contributed by atoms with Crippen LogP contribution in [0.25, 0.3) is 0 Å².